The lowest BCUT2D eigenvalue weighted by Gasteiger charge is -2.17. The maximum Gasteiger partial charge on any atom is 0.321 e. The SMILES string of the molecule is Cc1ccc(-c2c/c(=N\c3cccc[nH+]3)c3cc(C)ccc3o2)cc1.[O-][Cl+3]([O-])([O-])[O-]. The zero-order valence-corrected chi connectivity index (χ0v) is 17.1. The van der Waals surface area contributed by atoms with Crippen molar-refractivity contribution in [2.24, 2.45) is 4.99 Å². The van der Waals surface area contributed by atoms with E-state index >= 15 is 0 Å². The van der Waals surface area contributed by atoms with Gasteiger partial charge < -0.3 is 4.42 Å². The van der Waals surface area contributed by atoms with Gasteiger partial charge in [-0.3, -0.25) is 0 Å². The van der Waals surface area contributed by atoms with Crippen LogP contribution >= 0.6 is 0 Å². The molecule has 1 N–H and O–H groups in total. The highest BCUT2D eigenvalue weighted by Gasteiger charge is 2.10. The number of H-pyrrole nitrogens is 1. The van der Waals surface area contributed by atoms with E-state index in [9.17, 15) is 0 Å². The van der Waals surface area contributed by atoms with Gasteiger partial charge >= 0.3 is 5.82 Å². The molecule has 30 heavy (non-hydrogen) atoms. The van der Waals surface area contributed by atoms with Crippen LogP contribution in [0.1, 0.15) is 11.1 Å². The van der Waals surface area contributed by atoms with Crippen molar-refractivity contribution in [2.45, 2.75) is 13.8 Å². The second-order valence-electron chi connectivity index (χ2n) is 6.60. The van der Waals surface area contributed by atoms with Crippen LogP contribution in [0.25, 0.3) is 22.3 Å². The number of nitrogens with one attached hydrogen (secondary N) is 1. The molecule has 0 aliphatic heterocycles. The second kappa shape index (κ2) is 9.17. The summed E-state index contributed by atoms with van der Waals surface area (Å²) in [7, 11) is -4.94. The highest BCUT2D eigenvalue weighted by Crippen LogP contribution is 2.23. The Hall–Kier alpha value is -3.07. The quantitative estimate of drug-likeness (QED) is 0.445. The minimum absolute atomic E-state index is 0.811. The van der Waals surface area contributed by atoms with Gasteiger partial charge in [0.05, 0.1) is 11.6 Å². The zero-order valence-electron chi connectivity index (χ0n) is 16.3. The first-order valence-electron chi connectivity index (χ1n) is 8.94. The third kappa shape index (κ3) is 6.21. The van der Waals surface area contributed by atoms with Crippen molar-refractivity contribution >= 4 is 16.8 Å². The van der Waals surface area contributed by atoms with Crippen molar-refractivity contribution in [1.29, 1.82) is 0 Å². The van der Waals surface area contributed by atoms with Crippen molar-refractivity contribution in [2.75, 3.05) is 0 Å². The van der Waals surface area contributed by atoms with Gasteiger partial charge in [-0.05, 0) is 37.0 Å². The molecule has 7 nitrogen and oxygen atoms in total. The minimum Gasteiger partial charge on any atom is -0.456 e. The number of benzene rings is 2. The molecule has 2 heterocycles. The molecule has 0 spiro atoms. The molecule has 8 heteroatoms. The predicted molar refractivity (Wildman–Crippen MR) is 99.3 cm³/mol. The first kappa shape index (κ1) is 21.6. The van der Waals surface area contributed by atoms with E-state index in [4.69, 9.17) is 28.0 Å². The molecule has 4 aromatic rings. The highest BCUT2D eigenvalue weighted by molar-refractivity contribution is 5.79. The van der Waals surface area contributed by atoms with Crippen molar-refractivity contribution in [3.05, 3.63) is 89.4 Å². The van der Waals surface area contributed by atoms with Crippen LogP contribution in [0.15, 0.2) is 82.3 Å². The van der Waals surface area contributed by atoms with Crippen LogP contribution in [0.2, 0.25) is 0 Å². The van der Waals surface area contributed by atoms with Gasteiger partial charge in [-0.1, -0.05) is 47.5 Å². The van der Waals surface area contributed by atoms with Crippen LogP contribution in [0, 0.1) is 24.1 Å². The molecule has 0 radical (unpaired) electrons. The Labute approximate surface area is 175 Å². The fraction of sp³-hybridized carbons (Fsp3) is 0.0909. The Bertz CT molecular complexity index is 1190. The van der Waals surface area contributed by atoms with Crippen LogP contribution in [0.3, 0.4) is 0 Å². The lowest BCUT2D eigenvalue weighted by atomic mass is 10.1. The molecule has 0 atom stereocenters. The number of fused-ring (bicyclic) bond motifs is 1. The lowest BCUT2D eigenvalue weighted by Crippen LogP contribution is -2.68. The van der Waals surface area contributed by atoms with Gasteiger partial charge in [-0.25, -0.2) is 23.6 Å². The fourth-order valence-electron chi connectivity index (χ4n) is 2.82. The summed E-state index contributed by atoms with van der Waals surface area (Å²) >= 11 is 0. The van der Waals surface area contributed by atoms with Gasteiger partial charge in [0.2, 0.25) is 0 Å². The number of aromatic nitrogens is 1. The summed E-state index contributed by atoms with van der Waals surface area (Å²) in [6.07, 6.45) is 1.88. The van der Waals surface area contributed by atoms with Gasteiger partial charge in [-0.15, -0.1) is 10.2 Å². The van der Waals surface area contributed by atoms with E-state index in [2.05, 4.69) is 55.2 Å². The van der Waals surface area contributed by atoms with Crippen LogP contribution in [-0.2, 0) is 0 Å². The Kier molecular flexibility index (Phi) is 6.61. The van der Waals surface area contributed by atoms with E-state index in [0.717, 1.165) is 33.5 Å². The molecule has 0 fully saturated rings. The zero-order chi connectivity index (χ0) is 21.7. The average Bonchev–Trinajstić information content (AvgIpc) is 2.68. The number of nitrogens with zero attached hydrogens (tertiary/aromatic N) is 1. The molecular formula is C22H19ClN2O5. The van der Waals surface area contributed by atoms with E-state index in [1.807, 2.05) is 36.5 Å². The molecule has 0 aliphatic carbocycles. The number of aryl methyl sites for hydroxylation is 2. The Balaban J connectivity index is 0.000000461. The third-order valence-electron chi connectivity index (χ3n) is 4.17. The smallest absolute Gasteiger partial charge is 0.321 e. The summed E-state index contributed by atoms with van der Waals surface area (Å²) in [4.78, 5) is 7.96. The topological polar surface area (TPSA) is 132 Å². The Morgan fingerprint density at radius 3 is 2.13 bits per heavy atom. The van der Waals surface area contributed by atoms with Gasteiger partial charge in [-0.2, -0.15) is 0 Å². The summed E-state index contributed by atoms with van der Waals surface area (Å²) in [5.74, 6) is 1.62. The first-order valence-corrected chi connectivity index (χ1v) is 10.2. The molecule has 0 amide bonds. The average molecular weight is 427 g/mol. The molecule has 0 bridgehead atoms. The first-order chi connectivity index (χ1) is 14.2. The van der Waals surface area contributed by atoms with Crippen molar-refractivity contribution in [3.8, 4) is 11.3 Å². The number of hydrogen-bond donors (Lipinski definition) is 0. The summed E-state index contributed by atoms with van der Waals surface area (Å²) in [6.45, 7) is 4.15. The highest BCUT2D eigenvalue weighted by atomic mass is 35.7. The van der Waals surface area contributed by atoms with E-state index in [1.165, 1.54) is 11.1 Å². The summed E-state index contributed by atoms with van der Waals surface area (Å²) < 4.78 is 40.1. The standard InChI is InChI=1S/C22H18N2O.ClHO4/c1-15-6-9-17(10-7-15)21-14-19(24-22-5-3-4-12-23-22)18-13-16(2)8-11-20(18)25-21;2-1(3,4)5/h3-14H,1-2H3;(H,2,3,4,5)/b24-19+;. The van der Waals surface area contributed by atoms with Crippen LogP contribution in [-0.4, -0.2) is 0 Å². The summed E-state index contributed by atoms with van der Waals surface area (Å²) in [5, 5.41) is 1.90. The van der Waals surface area contributed by atoms with Crippen molar-refractivity contribution in [3.63, 3.8) is 0 Å². The van der Waals surface area contributed by atoms with E-state index in [-0.39, 0.29) is 0 Å². The van der Waals surface area contributed by atoms with Gasteiger partial charge in [0.25, 0.3) is 0 Å². The molecule has 154 valence electrons. The molecule has 0 saturated heterocycles. The van der Waals surface area contributed by atoms with Crippen LogP contribution in [0.4, 0.5) is 5.82 Å². The predicted octanol–water partition coefficient (Wildman–Crippen LogP) is 0.00714. The fourth-order valence-corrected chi connectivity index (χ4v) is 2.82. The molecule has 2 aromatic heterocycles. The minimum atomic E-state index is -4.94. The number of rotatable bonds is 2. The lowest BCUT2D eigenvalue weighted by molar-refractivity contribution is -2.00. The van der Waals surface area contributed by atoms with Crippen LogP contribution in [0.5, 0.6) is 0 Å². The monoisotopic (exact) mass is 426 g/mol. The van der Waals surface area contributed by atoms with E-state index in [0.29, 0.717) is 0 Å². The van der Waals surface area contributed by atoms with Gasteiger partial charge in [0.1, 0.15) is 11.3 Å². The number of hydrogen-bond acceptors (Lipinski definition) is 6. The molecule has 0 saturated carbocycles. The number of pyridine rings is 1. The molecule has 0 unspecified atom stereocenters. The second-order valence-corrected chi connectivity index (χ2v) is 7.36. The largest absolute Gasteiger partial charge is 0.456 e. The van der Waals surface area contributed by atoms with Crippen molar-refractivity contribution < 1.29 is 38.3 Å². The van der Waals surface area contributed by atoms with E-state index < -0.39 is 10.2 Å². The number of aromatic amines is 1. The molecular weight excluding hydrogens is 408 g/mol. The Morgan fingerprint density at radius 2 is 1.50 bits per heavy atom. The molecule has 4 rings (SSSR count). The third-order valence-corrected chi connectivity index (χ3v) is 4.17. The summed E-state index contributed by atoms with van der Waals surface area (Å²) in [5.41, 5.74) is 4.28. The van der Waals surface area contributed by atoms with Crippen LogP contribution < -0.4 is 29.0 Å². The normalized spacial score (nSPS) is 11.9. The van der Waals surface area contributed by atoms with Crippen molar-refractivity contribution in [1.82, 2.24) is 0 Å². The maximum atomic E-state index is 8.49. The number of halogens is 1. The Morgan fingerprint density at radius 1 is 0.833 bits per heavy atom. The van der Waals surface area contributed by atoms with E-state index in [1.54, 1.807) is 0 Å². The molecule has 0 aliphatic rings. The van der Waals surface area contributed by atoms with Gasteiger partial charge in [0, 0.05) is 17.7 Å². The maximum absolute atomic E-state index is 8.49. The summed E-state index contributed by atoms with van der Waals surface area (Å²) in [6, 6.07) is 22.4. The molecule has 2 aromatic carbocycles. The van der Waals surface area contributed by atoms with Gasteiger partial charge in [0.15, 0.2) is 5.36 Å².